The Morgan fingerprint density at radius 3 is 2.61 bits per heavy atom. The quantitative estimate of drug-likeness (QED) is 0.411. The highest BCUT2D eigenvalue weighted by Gasteiger charge is 2.21. The monoisotopic (exact) mass is 510 g/mol. The van der Waals surface area contributed by atoms with Gasteiger partial charge in [0.1, 0.15) is 5.65 Å². The molecular weight excluding hydrogens is 476 g/mol. The lowest BCUT2D eigenvalue weighted by Crippen LogP contribution is -2.44. The molecule has 2 saturated heterocycles. The minimum atomic E-state index is -0.0591. The topological polar surface area (TPSA) is 75.5 Å². The van der Waals surface area contributed by atoms with Gasteiger partial charge in [0.25, 0.3) is 5.56 Å². The first-order valence-electron chi connectivity index (χ1n) is 13.4. The fourth-order valence-corrected chi connectivity index (χ4v) is 5.47. The average molecular weight is 511 g/mol. The van der Waals surface area contributed by atoms with Crippen molar-refractivity contribution in [3.05, 3.63) is 76.7 Å². The Hall–Kier alpha value is -3.75. The van der Waals surface area contributed by atoms with Crippen LogP contribution in [-0.4, -0.2) is 65.4 Å². The molecule has 1 N–H and O–H groups in total. The van der Waals surface area contributed by atoms with E-state index in [0.717, 1.165) is 62.3 Å². The number of benzene rings is 2. The second-order valence-electron chi connectivity index (χ2n) is 10.4. The SMILES string of the molecule is Cc1cc(Nc2ncc3cc(-c4ccccc4)c(=O)n(C[C@H]4CCCO4)c3n2)ccc1N1CCN(C)CC1. The maximum Gasteiger partial charge on any atom is 0.260 e. The average Bonchev–Trinajstić information content (AvgIpc) is 3.45. The van der Waals surface area contributed by atoms with Gasteiger partial charge in [0, 0.05) is 61.3 Å². The fourth-order valence-electron chi connectivity index (χ4n) is 5.47. The van der Waals surface area contributed by atoms with Crippen molar-refractivity contribution in [2.45, 2.75) is 32.4 Å². The molecule has 1 atom stereocenters. The zero-order valence-electron chi connectivity index (χ0n) is 22.1. The van der Waals surface area contributed by atoms with Gasteiger partial charge in [-0.05, 0) is 62.2 Å². The standard InChI is InChI=1S/C30H34N6O2/c1-21-17-24(10-11-27(21)35-14-12-34(2)13-15-35)32-30-31-19-23-18-26(22-7-4-3-5-8-22)29(37)36(28(23)33-30)20-25-9-6-16-38-25/h3-5,7-8,10-11,17-19,25H,6,9,12-16,20H2,1-2H3,(H,31,32,33)/t25-/m1/s1. The number of likely N-dealkylation sites (N-methyl/N-ethyl adjacent to an activating group) is 1. The number of hydrogen-bond acceptors (Lipinski definition) is 7. The van der Waals surface area contributed by atoms with Crippen molar-refractivity contribution in [1.82, 2.24) is 19.4 Å². The van der Waals surface area contributed by atoms with Gasteiger partial charge in [0.15, 0.2) is 0 Å². The van der Waals surface area contributed by atoms with Crippen molar-refractivity contribution in [3.63, 3.8) is 0 Å². The number of ether oxygens (including phenoxy) is 1. The molecular formula is C30H34N6O2. The molecule has 2 fully saturated rings. The molecule has 2 aliphatic heterocycles. The maximum absolute atomic E-state index is 13.7. The minimum absolute atomic E-state index is 0.0121. The zero-order valence-corrected chi connectivity index (χ0v) is 22.1. The lowest BCUT2D eigenvalue weighted by molar-refractivity contribution is 0.0971. The minimum Gasteiger partial charge on any atom is -0.376 e. The van der Waals surface area contributed by atoms with E-state index in [9.17, 15) is 4.79 Å². The number of nitrogens with zero attached hydrogens (tertiary/aromatic N) is 5. The third-order valence-electron chi connectivity index (χ3n) is 7.62. The Morgan fingerprint density at radius 2 is 1.87 bits per heavy atom. The molecule has 38 heavy (non-hydrogen) atoms. The third-order valence-corrected chi connectivity index (χ3v) is 7.62. The van der Waals surface area contributed by atoms with E-state index in [1.54, 1.807) is 10.8 Å². The molecule has 2 aromatic carbocycles. The van der Waals surface area contributed by atoms with Crippen LogP contribution in [-0.2, 0) is 11.3 Å². The van der Waals surface area contributed by atoms with E-state index in [1.807, 2.05) is 36.4 Å². The highest BCUT2D eigenvalue weighted by Crippen LogP contribution is 2.27. The summed E-state index contributed by atoms with van der Waals surface area (Å²) in [6.07, 6.45) is 3.77. The van der Waals surface area contributed by atoms with E-state index >= 15 is 0 Å². The van der Waals surface area contributed by atoms with Crippen LogP contribution in [0.4, 0.5) is 17.3 Å². The van der Waals surface area contributed by atoms with Crippen molar-refractivity contribution in [1.29, 1.82) is 0 Å². The first-order valence-corrected chi connectivity index (χ1v) is 13.4. The first-order chi connectivity index (χ1) is 18.5. The molecule has 0 aliphatic carbocycles. The van der Waals surface area contributed by atoms with Gasteiger partial charge < -0.3 is 19.9 Å². The van der Waals surface area contributed by atoms with Gasteiger partial charge in [-0.15, -0.1) is 0 Å². The molecule has 0 saturated carbocycles. The molecule has 8 nitrogen and oxygen atoms in total. The maximum atomic E-state index is 13.7. The van der Waals surface area contributed by atoms with E-state index < -0.39 is 0 Å². The Balaban J connectivity index is 1.33. The van der Waals surface area contributed by atoms with Gasteiger partial charge in [-0.3, -0.25) is 9.36 Å². The van der Waals surface area contributed by atoms with Crippen LogP contribution in [0.25, 0.3) is 22.2 Å². The first kappa shape index (κ1) is 24.6. The number of aromatic nitrogens is 3. The van der Waals surface area contributed by atoms with Crippen LogP contribution in [0.2, 0.25) is 0 Å². The fraction of sp³-hybridized carbons (Fsp3) is 0.367. The Kier molecular flexibility index (Phi) is 6.82. The van der Waals surface area contributed by atoms with Crippen molar-refractivity contribution >= 4 is 28.4 Å². The Morgan fingerprint density at radius 1 is 1.05 bits per heavy atom. The van der Waals surface area contributed by atoms with E-state index in [1.165, 1.54) is 11.3 Å². The van der Waals surface area contributed by atoms with Crippen molar-refractivity contribution in [3.8, 4) is 11.1 Å². The van der Waals surface area contributed by atoms with Gasteiger partial charge in [0.05, 0.1) is 12.6 Å². The molecule has 2 aliphatic rings. The molecule has 6 rings (SSSR count). The predicted octanol–water partition coefficient (Wildman–Crippen LogP) is 4.44. The number of aryl methyl sites for hydroxylation is 1. The third kappa shape index (κ3) is 5.01. The summed E-state index contributed by atoms with van der Waals surface area (Å²) in [5.74, 6) is 0.470. The molecule has 196 valence electrons. The molecule has 4 heterocycles. The smallest absolute Gasteiger partial charge is 0.260 e. The molecule has 0 bridgehead atoms. The summed E-state index contributed by atoms with van der Waals surface area (Å²) in [5.41, 5.74) is 5.50. The van der Waals surface area contributed by atoms with Gasteiger partial charge in [-0.25, -0.2) is 4.98 Å². The summed E-state index contributed by atoms with van der Waals surface area (Å²) < 4.78 is 7.65. The largest absolute Gasteiger partial charge is 0.376 e. The van der Waals surface area contributed by atoms with Crippen LogP contribution in [0, 0.1) is 6.92 Å². The van der Waals surface area contributed by atoms with Crippen molar-refractivity contribution < 1.29 is 4.74 Å². The molecule has 0 radical (unpaired) electrons. The van der Waals surface area contributed by atoms with E-state index in [2.05, 4.69) is 52.3 Å². The van der Waals surface area contributed by atoms with Gasteiger partial charge in [-0.1, -0.05) is 30.3 Å². The van der Waals surface area contributed by atoms with Crippen LogP contribution in [0.15, 0.2) is 65.6 Å². The number of hydrogen-bond donors (Lipinski definition) is 1. The Bertz CT molecular complexity index is 1490. The number of rotatable bonds is 6. The van der Waals surface area contributed by atoms with Crippen LogP contribution in [0.3, 0.4) is 0 Å². The number of nitrogens with one attached hydrogen (secondary N) is 1. The van der Waals surface area contributed by atoms with Crippen molar-refractivity contribution in [2.75, 3.05) is 50.1 Å². The second kappa shape index (κ2) is 10.6. The van der Waals surface area contributed by atoms with Crippen LogP contribution >= 0.6 is 0 Å². The highest BCUT2D eigenvalue weighted by atomic mass is 16.5. The predicted molar refractivity (Wildman–Crippen MR) is 152 cm³/mol. The lowest BCUT2D eigenvalue weighted by Gasteiger charge is -2.35. The van der Waals surface area contributed by atoms with Crippen molar-refractivity contribution in [2.24, 2.45) is 0 Å². The summed E-state index contributed by atoms with van der Waals surface area (Å²) in [5, 5.41) is 4.19. The molecule has 2 aromatic heterocycles. The number of fused-ring (bicyclic) bond motifs is 1. The number of piperazine rings is 1. The summed E-state index contributed by atoms with van der Waals surface area (Å²) in [7, 11) is 2.17. The number of pyridine rings is 1. The second-order valence-corrected chi connectivity index (χ2v) is 10.4. The van der Waals surface area contributed by atoms with Gasteiger partial charge >= 0.3 is 0 Å². The molecule has 0 amide bonds. The van der Waals surface area contributed by atoms with E-state index in [-0.39, 0.29) is 11.7 Å². The highest BCUT2D eigenvalue weighted by molar-refractivity contribution is 5.82. The molecule has 0 spiro atoms. The lowest BCUT2D eigenvalue weighted by atomic mass is 10.1. The summed E-state index contributed by atoms with van der Waals surface area (Å²) in [4.78, 5) is 28.0. The zero-order chi connectivity index (χ0) is 26.1. The Labute approximate surface area is 222 Å². The van der Waals surface area contributed by atoms with Crippen LogP contribution < -0.4 is 15.8 Å². The molecule has 8 heteroatoms. The molecule has 0 unspecified atom stereocenters. The summed E-state index contributed by atoms with van der Waals surface area (Å²) in [6.45, 7) is 7.57. The number of anilines is 3. The van der Waals surface area contributed by atoms with Gasteiger partial charge in [-0.2, -0.15) is 4.98 Å². The van der Waals surface area contributed by atoms with Gasteiger partial charge in [0.2, 0.25) is 5.95 Å². The summed E-state index contributed by atoms with van der Waals surface area (Å²) in [6, 6.07) is 18.1. The van der Waals surface area contributed by atoms with Crippen LogP contribution in [0.1, 0.15) is 18.4 Å². The molecule has 4 aromatic rings. The van der Waals surface area contributed by atoms with E-state index in [0.29, 0.717) is 23.7 Å². The van der Waals surface area contributed by atoms with E-state index in [4.69, 9.17) is 9.72 Å². The normalized spacial score (nSPS) is 18.3. The summed E-state index contributed by atoms with van der Waals surface area (Å²) >= 11 is 0. The van der Waals surface area contributed by atoms with Crippen LogP contribution in [0.5, 0.6) is 0 Å².